The normalized spacial score (nSPS) is 15.0. The number of nitrogens with one attached hydrogen (secondary N) is 1. The number of nitrogens with zero attached hydrogens (tertiary/aromatic N) is 5. The zero-order chi connectivity index (χ0) is 19.7. The monoisotopic (exact) mass is 398 g/mol. The van der Waals surface area contributed by atoms with Gasteiger partial charge in [0.25, 0.3) is 5.91 Å². The predicted octanol–water partition coefficient (Wildman–Crippen LogP) is 2.81. The van der Waals surface area contributed by atoms with E-state index >= 15 is 0 Å². The van der Waals surface area contributed by atoms with Gasteiger partial charge in [-0.25, -0.2) is 9.97 Å². The maximum absolute atomic E-state index is 12.6. The highest BCUT2D eigenvalue weighted by Crippen LogP contribution is 2.26. The molecule has 1 aliphatic rings. The highest BCUT2D eigenvalue weighted by atomic mass is 32.1. The highest BCUT2D eigenvalue weighted by Gasteiger charge is 2.21. The van der Waals surface area contributed by atoms with Gasteiger partial charge in [0.15, 0.2) is 11.5 Å². The van der Waals surface area contributed by atoms with Crippen molar-refractivity contribution in [2.75, 3.05) is 43.4 Å². The maximum atomic E-state index is 12.6. The molecule has 0 radical (unpaired) electrons. The summed E-state index contributed by atoms with van der Waals surface area (Å²) in [6.45, 7) is 7.52. The second-order valence-corrected chi connectivity index (χ2v) is 7.82. The van der Waals surface area contributed by atoms with Crippen molar-refractivity contribution >= 4 is 28.9 Å². The van der Waals surface area contributed by atoms with Gasteiger partial charge < -0.3 is 19.6 Å². The van der Waals surface area contributed by atoms with E-state index in [2.05, 4.69) is 37.3 Å². The molecule has 0 atom stereocenters. The second kappa shape index (κ2) is 7.69. The van der Waals surface area contributed by atoms with E-state index in [0.29, 0.717) is 17.4 Å². The van der Waals surface area contributed by atoms with Gasteiger partial charge in [-0.3, -0.25) is 4.79 Å². The molecule has 146 valence electrons. The van der Waals surface area contributed by atoms with Crippen LogP contribution < -0.4 is 10.2 Å². The van der Waals surface area contributed by atoms with Gasteiger partial charge in [-0.1, -0.05) is 11.2 Å². The minimum atomic E-state index is -0.339. The summed E-state index contributed by atoms with van der Waals surface area (Å²) in [5.41, 5.74) is 2.31. The van der Waals surface area contributed by atoms with Gasteiger partial charge in [0.1, 0.15) is 0 Å². The smallest absolute Gasteiger partial charge is 0.277 e. The van der Waals surface area contributed by atoms with Crippen molar-refractivity contribution in [2.45, 2.75) is 13.8 Å². The molecule has 0 spiro atoms. The Bertz CT molecular complexity index is 953. The Kier molecular flexibility index (Phi) is 5.10. The van der Waals surface area contributed by atoms with E-state index in [1.165, 1.54) is 11.3 Å². The van der Waals surface area contributed by atoms with E-state index in [-0.39, 0.29) is 11.6 Å². The van der Waals surface area contributed by atoms with E-state index in [1.807, 2.05) is 31.4 Å². The molecule has 3 aromatic heterocycles. The van der Waals surface area contributed by atoms with Crippen LogP contribution in [0.3, 0.4) is 0 Å². The number of aromatic nitrogens is 3. The van der Waals surface area contributed by atoms with E-state index in [0.717, 1.165) is 42.4 Å². The van der Waals surface area contributed by atoms with Crippen molar-refractivity contribution in [3.05, 3.63) is 40.7 Å². The molecule has 1 amide bonds. The molecule has 0 aliphatic carbocycles. The molecule has 8 nitrogen and oxygen atoms in total. The predicted molar refractivity (Wildman–Crippen MR) is 109 cm³/mol. The van der Waals surface area contributed by atoms with Gasteiger partial charge in [-0.15, -0.1) is 11.3 Å². The topological polar surface area (TPSA) is 87.4 Å². The van der Waals surface area contributed by atoms with E-state index in [1.54, 1.807) is 6.07 Å². The van der Waals surface area contributed by atoms with Crippen LogP contribution >= 0.6 is 11.3 Å². The van der Waals surface area contributed by atoms with Crippen LogP contribution in [0.2, 0.25) is 0 Å². The van der Waals surface area contributed by atoms with Gasteiger partial charge in [0.2, 0.25) is 5.95 Å². The quantitative estimate of drug-likeness (QED) is 0.723. The number of carbonyl (C=O) groups excluding carboxylic acids is 1. The molecule has 0 bridgehead atoms. The molecule has 1 N–H and O–H groups in total. The average molecular weight is 398 g/mol. The zero-order valence-corrected chi connectivity index (χ0v) is 16.9. The molecule has 1 fully saturated rings. The highest BCUT2D eigenvalue weighted by molar-refractivity contribution is 7.13. The van der Waals surface area contributed by atoms with E-state index < -0.39 is 0 Å². The first-order valence-corrected chi connectivity index (χ1v) is 10.00. The molecule has 0 saturated carbocycles. The van der Waals surface area contributed by atoms with Gasteiger partial charge in [-0.05, 0) is 32.3 Å². The van der Waals surface area contributed by atoms with E-state index in [4.69, 9.17) is 4.52 Å². The minimum Gasteiger partial charge on any atom is -0.355 e. The van der Waals surface area contributed by atoms with Crippen LogP contribution in [0.25, 0.3) is 10.6 Å². The maximum Gasteiger partial charge on any atom is 0.277 e. The summed E-state index contributed by atoms with van der Waals surface area (Å²) in [4.78, 5) is 27.2. The number of carbonyl (C=O) groups is 1. The van der Waals surface area contributed by atoms with Crippen molar-refractivity contribution in [1.82, 2.24) is 20.0 Å². The van der Waals surface area contributed by atoms with Crippen LogP contribution in [0.4, 0.5) is 11.6 Å². The first kappa shape index (κ1) is 18.6. The molecule has 1 aliphatic heterocycles. The number of thiophene rings is 1. The number of piperazine rings is 1. The Morgan fingerprint density at radius 1 is 1.18 bits per heavy atom. The third-order valence-electron chi connectivity index (χ3n) is 4.79. The second-order valence-electron chi connectivity index (χ2n) is 6.87. The van der Waals surface area contributed by atoms with Gasteiger partial charge in [-0.2, -0.15) is 0 Å². The summed E-state index contributed by atoms with van der Waals surface area (Å²) in [5.74, 6) is 0.950. The Morgan fingerprint density at radius 2 is 1.89 bits per heavy atom. The van der Waals surface area contributed by atoms with Crippen molar-refractivity contribution in [3.63, 3.8) is 0 Å². The van der Waals surface area contributed by atoms with Crippen LogP contribution in [0.1, 0.15) is 21.9 Å². The Labute approximate surface area is 167 Å². The minimum absolute atomic E-state index is 0.227. The number of amides is 1. The molecule has 0 aromatic carbocycles. The van der Waals surface area contributed by atoms with Crippen molar-refractivity contribution < 1.29 is 9.32 Å². The molecule has 28 heavy (non-hydrogen) atoms. The average Bonchev–Trinajstić information content (AvgIpc) is 3.36. The SMILES string of the molecule is Cc1nc(N2CCN(C)CC2)nc(C)c1NC(=O)c1cc(-c2cccs2)on1. The first-order chi connectivity index (χ1) is 13.5. The lowest BCUT2D eigenvalue weighted by atomic mass is 10.2. The summed E-state index contributed by atoms with van der Waals surface area (Å²) in [6.07, 6.45) is 0. The molecule has 4 heterocycles. The molecule has 3 aromatic rings. The number of likely N-dealkylation sites (N-methyl/N-ethyl adjacent to an activating group) is 1. The van der Waals surface area contributed by atoms with Crippen molar-refractivity contribution in [2.24, 2.45) is 0 Å². The lowest BCUT2D eigenvalue weighted by molar-refractivity contribution is 0.101. The number of rotatable bonds is 4. The lowest BCUT2D eigenvalue weighted by Gasteiger charge is -2.32. The summed E-state index contributed by atoms with van der Waals surface area (Å²) in [7, 11) is 2.11. The lowest BCUT2D eigenvalue weighted by Crippen LogP contribution is -2.45. The Morgan fingerprint density at radius 3 is 2.54 bits per heavy atom. The molecular formula is C19H22N6O2S. The fourth-order valence-electron chi connectivity index (χ4n) is 3.12. The number of aryl methyl sites for hydroxylation is 2. The Balaban J connectivity index is 1.51. The molecular weight excluding hydrogens is 376 g/mol. The van der Waals surface area contributed by atoms with Crippen LogP contribution in [0.15, 0.2) is 28.1 Å². The van der Waals surface area contributed by atoms with E-state index in [9.17, 15) is 4.79 Å². The fraction of sp³-hybridized carbons (Fsp3) is 0.368. The summed E-state index contributed by atoms with van der Waals surface area (Å²) >= 11 is 1.53. The van der Waals surface area contributed by atoms with Gasteiger partial charge in [0, 0.05) is 32.2 Å². The summed E-state index contributed by atoms with van der Waals surface area (Å²) in [6, 6.07) is 5.49. The van der Waals surface area contributed by atoms with Gasteiger partial charge in [0.05, 0.1) is 22.0 Å². The number of hydrogen-bond acceptors (Lipinski definition) is 8. The summed E-state index contributed by atoms with van der Waals surface area (Å²) in [5, 5.41) is 8.72. The van der Waals surface area contributed by atoms with Crippen LogP contribution in [-0.4, -0.2) is 59.2 Å². The third-order valence-corrected chi connectivity index (χ3v) is 5.67. The summed E-state index contributed by atoms with van der Waals surface area (Å²) < 4.78 is 5.29. The zero-order valence-electron chi connectivity index (χ0n) is 16.1. The number of anilines is 2. The first-order valence-electron chi connectivity index (χ1n) is 9.12. The largest absolute Gasteiger partial charge is 0.355 e. The molecule has 0 unspecified atom stereocenters. The Hall–Kier alpha value is -2.78. The fourth-order valence-corrected chi connectivity index (χ4v) is 3.80. The van der Waals surface area contributed by atoms with Gasteiger partial charge >= 0.3 is 0 Å². The molecule has 9 heteroatoms. The van der Waals surface area contributed by atoms with Crippen molar-refractivity contribution in [1.29, 1.82) is 0 Å². The van der Waals surface area contributed by atoms with Crippen LogP contribution in [0.5, 0.6) is 0 Å². The standard InChI is InChI=1S/C19H22N6O2S/c1-12-17(13(2)21-19(20-12)25-8-6-24(3)7-9-25)22-18(26)14-11-15(27-23-14)16-5-4-10-28-16/h4-5,10-11H,6-9H2,1-3H3,(H,22,26). The van der Waals surface area contributed by atoms with Crippen molar-refractivity contribution in [3.8, 4) is 10.6 Å². The van der Waals surface area contributed by atoms with Crippen LogP contribution in [0, 0.1) is 13.8 Å². The molecule has 4 rings (SSSR count). The molecule has 1 saturated heterocycles. The third kappa shape index (κ3) is 3.76. The number of hydrogen-bond donors (Lipinski definition) is 1. The van der Waals surface area contributed by atoms with Crippen LogP contribution in [-0.2, 0) is 0 Å².